The lowest BCUT2D eigenvalue weighted by atomic mass is 10.2. The summed E-state index contributed by atoms with van der Waals surface area (Å²) in [7, 11) is 0. The highest BCUT2D eigenvalue weighted by atomic mass is 16.4. The van der Waals surface area contributed by atoms with Crippen LogP contribution in [0.15, 0.2) is 0 Å². The monoisotopic (exact) mass is 129 g/mol. The molecule has 0 aromatic heterocycles. The van der Waals surface area contributed by atoms with Gasteiger partial charge in [-0.1, -0.05) is 0 Å². The number of aldehydes is 1. The molecule has 4 heteroatoms. The molecule has 0 aromatic carbocycles. The van der Waals surface area contributed by atoms with Crippen molar-refractivity contribution in [1.29, 1.82) is 5.41 Å². The molecule has 9 heavy (non-hydrogen) atoms. The number of hydrogen-bond donors (Lipinski definition) is 2. The van der Waals surface area contributed by atoms with Crippen LogP contribution < -0.4 is 0 Å². The van der Waals surface area contributed by atoms with Crippen molar-refractivity contribution in [2.75, 3.05) is 0 Å². The molecule has 0 heterocycles. The van der Waals surface area contributed by atoms with Crippen molar-refractivity contribution in [3.63, 3.8) is 0 Å². The molecule has 0 aliphatic heterocycles. The number of carboxylic acid groups (broad SMARTS) is 1. The molecule has 0 aromatic rings. The molecule has 0 atom stereocenters. The van der Waals surface area contributed by atoms with Gasteiger partial charge >= 0.3 is 5.97 Å². The average Bonchev–Trinajstić information content (AvgIpc) is 1.82. The van der Waals surface area contributed by atoms with Gasteiger partial charge in [0, 0.05) is 12.8 Å². The Morgan fingerprint density at radius 2 is 2.22 bits per heavy atom. The smallest absolute Gasteiger partial charge is 0.349 e. The van der Waals surface area contributed by atoms with Crippen LogP contribution >= 0.6 is 0 Å². The minimum absolute atomic E-state index is 0.0266. The lowest BCUT2D eigenvalue weighted by Crippen LogP contribution is -2.10. The van der Waals surface area contributed by atoms with E-state index >= 15 is 0 Å². The Hall–Kier alpha value is -1.19. The zero-order valence-electron chi connectivity index (χ0n) is 4.76. The van der Waals surface area contributed by atoms with Crippen molar-refractivity contribution in [3.05, 3.63) is 0 Å². The third-order valence-electron chi connectivity index (χ3n) is 0.770. The first-order valence-corrected chi connectivity index (χ1v) is 2.43. The van der Waals surface area contributed by atoms with E-state index in [0.29, 0.717) is 6.29 Å². The number of carbonyl (C=O) groups excluding carboxylic acids is 1. The first-order chi connectivity index (χ1) is 4.18. The van der Waals surface area contributed by atoms with Crippen LogP contribution in [-0.2, 0) is 9.59 Å². The van der Waals surface area contributed by atoms with Crippen molar-refractivity contribution in [2.45, 2.75) is 12.8 Å². The Balaban J connectivity index is 3.51. The molecule has 0 radical (unpaired) electrons. The fourth-order valence-corrected chi connectivity index (χ4v) is 0.310. The SMILES string of the molecule is N=C(CCC=O)C(=O)O. The van der Waals surface area contributed by atoms with Gasteiger partial charge in [-0.15, -0.1) is 0 Å². The second kappa shape index (κ2) is 3.77. The summed E-state index contributed by atoms with van der Waals surface area (Å²) in [5.74, 6) is -1.25. The second-order valence-corrected chi connectivity index (χ2v) is 1.49. The third-order valence-corrected chi connectivity index (χ3v) is 0.770. The van der Waals surface area contributed by atoms with Crippen LogP contribution in [-0.4, -0.2) is 23.1 Å². The highest BCUT2D eigenvalue weighted by molar-refractivity contribution is 6.34. The van der Waals surface area contributed by atoms with E-state index in [1.807, 2.05) is 0 Å². The van der Waals surface area contributed by atoms with Crippen LogP contribution in [0.1, 0.15) is 12.8 Å². The number of nitrogens with one attached hydrogen (secondary N) is 1. The molecule has 4 nitrogen and oxygen atoms in total. The molecule has 0 spiro atoms. The Morgan fingerprint density at radius 3 is 2.56 bits per heavy atom. The van der Waals surface area contributed by atoms with E-state index in [1.54, 1.807) is 0 Å². The Labute approximate surface area is 52.0 Å². The van der Waals surface area contributed by atoms with Gasteiger partial charge < -0.3 is 9.90 Å². The van der Waals surface area contributed by atoms with E-state index in [2.05, 4.69) is 0 Å². The lowest BCUT2D eigenvalue weighted by Gasteiger charge is -1.89. The summed E-state index contributed by atoms with van der Waals surface area (Å²) in [5, 5.41) is 14.8. The molecule has 0 saturated heterocycles. The van der Waals surface area contributed by atoms with E-state index in [4.69, 9.17) is 10.5 Å². The van der Waals surface area contributed by atoms with Gasteiger partial charge in [0.15, 0.2) is 0 Å². The normalized spacial score (nSPS) is 8.44. The number of hydrogen-bond acceptors (Lipinski definition) is 3. The molecule has 0 fully saturated rings. The molecular weight excluding hydrogens is 122 g/mol. The zero-order valence-corrected chi connectivity index (χ0v) is 4.76. The van der Waals surface area contributed by atoms with Gasteiger partial charge in [-0.3, -0.25) is 5.41 Å². The van der Waals surface area contributed by atoms with Crippen LogP contribution in [0.25, 0.3) is 0 Å². The van der Waals surface area contributed by atoms with Gasteiger partial charge in [-0.2, -0.15) is 0 Å². The molecular formula is C5H7NO3. The Morgan fingerprint density at radius 1 is 1.67 bits per heavy atom. The fraction of sp³-hybridized carbons (Fsp3) is 0.400. The maximum Gasteiger partial charge on any atom is 0.349 e. The summed E-state index contributed by atoms with van der Waals surface area (Å²) in [4.78, 5) is 19.5. The quantitative estimate of drug-likeness (QED) is 0.416. The summed E-state index contributed by atoms with van der Waals surface area (Å²) < 4.78 is 0. The van der Waals surface area contributed by atoms with Gasteiger partial charge in [-0.25, -0.2) is 4.79 Å². The van der Waals surface area contributed by atoms with Gasteiger partial charge in [0.1, 0.15) is 12.0 Å². The second-order valence-electron chi connectivity index (χ2n) is 1.49. The number of rotatable bonds is 4. The van der Waals surface area contributed by atoms with Crippen LogP contribution in [0.5, 0.6) is 0 Å². The van der Waals surface area contributed by atoms with Crippen molar-refractivity contribution in [2.24, 2.45) is 0 Å². The first-order valence-electron chi connectivity index (χ1n) is 2.43. The molecule has 0 amide bonds. The summed E-state index contributed by atoms with van der Waals surface area (Å²) in [6, 6.07) is 0. The van der Waals surface area contributed by atoms with Gasteiger partial charge in [0.05, 0.1) is 0 Å². The van der Waals surface area contributed by atoms with E-state index in [0.717, 1.165) is 0 Å². The molecule has 0 rings (SSSR count). The first kappa shape index (κ1) is 7.81. The maximum absolute atomic E-state index is 9.86. The summed E-state index contributed by atoms with van der Waals surface area (Å²) >= 11 is 0. The summed E-state index contributed by atoms with van der Waals surface area (Å²) in [5.41, 5.74) is -0.415. The van der Waals surface area contributed by atoms with Gasteiger partial charge in [-0.05, 0) is 0 Å². The standard InChI is InChI=1S/C5H7NO3/c6-4(5(8)9)2-1-3-7/h3,6H,1-2H2,(H,8,9). The van der Waals surface area contributed by atoms with Crippen LogP contribution in [0.2, 0.25) is 0 Å². The minimum Gasteiger partial charge on any atom is -0.477 e. The van der Waals surface area contributed by atoms with Gasteiger partial charge in [0.2, 0.25) is 0 Å². The number of carboxylic acids is 1. The zero-order chi connectivity index (χ0) is 7.28. The molecule has 2 N–H and O–H groups in total. The number of carbonyl (C=O) groups is 2. The minimum atomic E-state index is -1.25. The third kappa shape index (κ3) is 3.40. The van der Waals surface area contributed by atoms with E-state index in [-0.39, 0.29) is 12.8 Å². The summed E-state index contributed by atoms with van der Waals surface area (Å²) in [6.45, 7) is 0. The molecule has 0 unspecified atom stereocenters. The molecule has 0 saturated carbocycles. The maximum atomic E-state index is 9.86. The van der Waals surface area contributed by atoms with E-state index in [1.165, 1.54) is 0 Å². The fourth-order valence-electron chi connectivity index (χ4n) is 0.310. The predicted octanol–water partition coefficient (Wildman–Crippen LogP) is 0.0699. The van der Waals surface area contributed by atoms with Crippen molar-refractivity contribution < 1.29 is 14.7 Å². The van der Waals surface area contributed by atoms with Crippen LogP contribution in [0, 0.1) is 5.41 Å². The average molecular weight is 129 g/mol. The largest absolute Gasteiger partial charge is 0.477 e. The van der Waals surface area contributed by atoms with Crippen molar-refractivity contribution >= 4 is 18.0 Å². The van der Waals surface area contributed by atoms with Crippen molar-refractivity contribution in [3.8, 4) is 0 Å². The highest BCUT2D eigenvalue weighted by Crippen LogP contribution is 1.86. The molecule has 0 aliphatic carbocycles. The highest BCUT2D eigenvalue weighted by Gasteiger charge is 2.03. The predicted molar refractivity (Wildman–Crippen MR) is 30.7 cm³/mol. The van der Waals surface area contributed by atoms with E-state index in [9.17, 15) is 9.59 Å². The Bertz CT molecular complexity index is 141. The van der Waals surface area contributed by atoms with E-state index < -0.39 is 11.7 Å². The molecule has 0 bridgehead atoms. The molecule has 50 valence electrons. The van der Waals surface area contributed by atoms with Crippen LogP contribution in [0.4, 0.5) is 0 Å². The van der Waals surface area contributed by atoms with Crippen LogP contribution in [0.3, 0.4) is 0 Å². The summed E-state index contributed by atoms with van der Waals surface area (Å²) in [6.07, 6.45) is 0.738. The lowest BCUT2D eigenvalue weighted by molar-refractivity contribution is -0.129. The molecule has 0 aliphatic rings. The topological polar surface area (TPSA) is 78.2 Å². The van der Waals surface area contributed by atoms with Crippen molar-refractivity contribution in [1.82, 2.24) is 0 Å². The van der Waals surface area contributed by atoms with Gasteiger partial charge in [0.25, 0.3) is 0 Å². The Kier molecular flexibility index (Phi) is 3.27. The number of aliphatic carboxylic acids is 1.